The van der Waals surface area contributed by atoms with Crippen LogP contribution in [0.15, 0.2) is 48.5 Å². The van der Waals surface area contributed by atoms with Gasteiger partial charge in [0.25, 0.3) is 0 Å². The number of benzene rings is 2. The van der Waals surface area contributed by atoms with Crippen molar-refractivity contribution in [3.63, 3.8) is 0 Å². The van der Waals surface area contributed by atoms with Crippen molar-refractivity contribution in [1.29, 1.82) is 0 Å². The number of aromatic nitrogens is 1. The summed E-state index contributed by atoms with van der Waals surface area (Å²) >= 11 is 1.79. The minimum Gasteiger partial charge on any atom is -0.494 e. The number of aryl methyl sites for hydroxylation is 1. The number of hydrogen-bond acceptors (Lipinski definition) is 5. The molecule has 0 bridgehead atoms. The Morgan fingerprint density at radius 2 is 2.11 bits per heavy atom. The van der Waals surface area contributed by atoms with E-state index in [0.29, 0.717) is 6.04 Å². The highest BCUT2D eigenvalue weighted by Crippen LogP contribution is 2.30. The van der Waals surface area contributed by atoms with Gasteiger partial charge >= 0.3 is 0 Å². The first-order valence-electron chi connectivity index (χ1n) is 9.69. The number of anilines is 1. The Hall–Kier alpha value is -2.11. The maximum Gasteiger partial charge on any atom is 0.186 e. The number of nitrogens with zero attached hydrogens (tertiary/aromatic N) is 3. The number of likely N-dealkylation sites (tertiary alicyclic amines) is 1. The van der Waals surface area contributed by atoms with E-state index in [1.165, 1.54) is 16.7 Å². The van der Waals surface area contributed by atoms with Crippen LogP contribution in [0.3, 0.4) is 0 Å². The summed E-state index contributed by atoms with van der Waals surface area (Å²) in [7, 11) is 2.19. The first kappa shape index (κ1) is 18.3. The fraction of sp³-hybridized carbons (Fsp3) is 0.409. The van der Waals surface area contributed by atoms with E-state index in [1.54, 1.807) is 11.3 Å². The van der Waals surface area contributed by atoms with Crippen LogP contribution in [0.25, 0.3) is 10.2 Å². The van der Waals surface area contributed by atoms with Gasteiger partial charge in [-0.15, -0.1) is 0 Å². The molecule has 5 heteroatoms. The molecule has 2 aromatic carbocycles. The molecule has 1 fully saturated rings. The molecular formula is C22H27N3OS. The molecule has 4 nitrogen and oxygen atoms in total. The minimum absolute atomic E-state index is 0.545. The van der Waals surface area contributed by atoms with Gasteiger partial charge < -0.3 is 14.5 Å². The number of fused-ring (bicyclic) bond motifs is 1. The van der Waals surface area contributed by atoms with Crippen LogP contribution in [0, 0.1) is 6.92 Å². The Balaban J connectivity index is 1.24. The number of thiazole rings is 1. The van der Waals surface area contributed by atoms with E-state index >= 15 is 0 Å². The Bertz CT molecular complexity index is 861. The summed E-state index contributed by atoms with van der Waals surface area (Å²) in [5, 5.41) is 1.13. The van der Waals surface area contributed by atoms with Crippen LogP contribution in [0.1, 0.15) is 18.4 Å². The highest BCUT2D eigenvalue weighted by atomic mass is 32.1. The molecule has 1 aliphatic rings. The molecule has 0 saturated carbocycles. The lowest BCUT2D eigenvalue weighted by atomic mass is 10.2. The van der Waals surface area contributed by atoms with Crippen molar-refractivity contribution in [3.8, 4) is 5.75 Å². The Kier molecular flexibility index (Phi) is 5.60. The van der Waals surface area contributed by atoms with E-state index in [4.69, 9.17) is 9.72 Å². The van der Waals surface area contributed by atoms with E-state index in [-0.39, 0.29) is 0 Å². The molecule has 27 heavy (non-hydrogen) atoms. The summed E-state index contributed by atoms with van der Waals surface area (Å²) < 4.78 is 7.14. The van der Waals surface area contributed by atoms with Crippen LogP contribution in [0.2, 0.25) is 0 Å². The third kappa shape index (κ3) is 4.42. The standard InChI is InChI=1S/C22H27N3OS/c1-17-7-5-8-19(15-17)26-14-6-12-25-13-11-18(16-25)24(2)22-23-20-9-3-4-10-21(20)27-22/h3-5,7-10,15,18H,6,11-14,16H2,1-2H3. The van der Waals surface area contributed by atoms with E-state index in [2.05, 4.69) is 60.2 Å². The minimum atomic E-state index is 0.545. The summed E-state index contributed by atoms with van der Waals surface area (Å²) in [5.41, 5.74) is 2.35. The molecule has 0 radical (unpaired) electrons. The fourth-order valence-corrected chi connectivity index (χ4v) is 4.68. The van der Waals surface area contributed by atoms with Crippen molar-refractivity contribution in [3.05, 3.63) is 54.1 Å². The predicted octanol–water partition coefficient (Wildman–Crippen LogP) is 4.58. The van der Waals surface area contributed by atoms with Crippen LogP contribution in [0.4, 0.5) is 5.13 Å². The molecule has 142 valence electrons. The summed E-state index contributed by atoms with van der Waals surface area (Å²) in [4.78, 5) is 9.72. The molecular weight excluding hydrogens is 354 g/mol. The predicted molar refractivity (Wildman–Crippen MR) is 114 cm³/mol. The fourth-order valence-electron chi connectivity index (χ4n) is 3.68. The summed E-state index contributed by atoms with van der Waals surface area (Å²) in [5.74, 6) is 0.977. The van der Waals surface area contributed by atoms with Crippen molar-refractivity contribution in [1.82, 2.24) is 9.88 Å². The third-order valence-electron chi connectivity index (χ3n) is 5.26. The van der Waals surface area contributed by atoms with Crippen molar-refractivity contribution in [2.24, 2.45) is 0 Å². The molecule has 0 aliphatic carbocycles. The smallest absolute Gasteiger partial charge is 0.186 e. The summed E-state index contributed by atoms with van der Waals surface area (Å²) in [6.45, 7) is 6.23. The zero-order valence-electron chi connectivity index (χ0n) is 16.1. The largest absolute Gasteiger partial charge is 0.494 e. The normalized spacial score (nSPS) is 17.5. The van der Waals surface area contributed by atoms with Gasteiger partial charge in [-0.3, -0.25) is 0 Å². The van der Waals surface area contributed by atoms with E-state index in [0.717, 1.165) is 49.1 Å². The molecule has 1 unspecified atom stereocenters. The van der Waals surface area contributed by atoms with E-state index < -0.39 is 0 Å². The topological polar surface area (TPSA) is 28.6 Å². The van der Waals surface area contributed by atoms with Crippen molar-refractivity contribution < 1.29 is 4.74 Å². The zero-order chi connectivity index (χ0) is 18.6. The highest BCUT2D eigenvalue weighted by Gasteiger charge is 2.27. The summed E-state index contributed by atoms with van der Waals surface area (Å²) in [6, 6.07) is 17.2. The van der Waals surface area contributed by atoms with Crippen LogP contribution >= 0.6 is 11.3 Å². The van der Waals surface area contributed by atoms with Gasteiger partial charge in [0.15, 0.2) is 5.13 Å². The number of likely N-dealkylation sites (N-methyl/N-ethyl adjacent to an activating group) is 1. The molecule has 0 spiro atoms. The van der Waals surface area contributed by atoms with Gasteiger partial charge in [0.05, 0.1) is 16.8 Å². The quantitative estimate of drug-likeness (QED) is 0.560. The lowest BCUT2D eigenvalue weighted by Crippen LogP contribution is -2.34. The number of rotatable bonds is 7. The maximum absolute atomic E-state index is 5.88. The molecule has 0 N–H and O–H groups in total. The molecule has 4 rings (SSSR count). The Morgan fingerprint density at radius 1 is 1.22 bits per heavy atom. The van der Waals surface area contributed by atoms with Gasteiger partial charge in [0.1, 0.15) is 5.75 Å². The summed E-state index contributed by atoms with van der Waals surface area (Å²) in [6.07, 6.45) is 2.26. The van der Waals surface area contributed by atoms with Crippen LogP contribution in [0.5, 0.6) is 5.75 Å². The number of hydrogen-bond donors (Lipinski definition) is 0. The molecule has 1 saturated heterocycles. The highest BCUT2D eigenvalue weighted by molar-refractivity contribution is 7.22. The SMILES string of the molecule is Cc1cccc(OCCCN2CCC(N(C)c3nc4ccccc4s3)C2)c1. The molecule has 1 atom stereocenters. The molecule has 1 aliphatic heterocycles. The zero-order valence-corrected chi connectivity index (χ0v) is 16.9. The molecule has 1 aromatic heterocycles. The van der Waals surface area contributed by atoms with Crippen molar-refractivity contribution in [2.75, 3.05) is 38.2 Å². The van der Waals surface area contributed by atoms with E-state index in [9.17, 15) is 0 Å². The second kappa shape index (κ2) is 8.28. The third-order valence-corrected chi connectivity index (χ3v) is 6.38. The van der Waals surface area contributed by atoms with Gasteiger partial charge in [0.2, 0.25) is 0 Å². The monoisotopic (exact) mass is 381 g/mol. The Morgan fingerprint density at radius 3 is 2.96 bits per heavy atom. The number of ether oxygens (including phenoxy) is 1. The maximum atomic E-state index is 5.88. The van der Waals surface area contributed by atoms with Crippen LogP contribution in [-0.2, 0) is 0 Å². The molecule has 0 amide bonds. The van der Waals surface area contributed by atoms with Gasteiger partial charge in [0, 0.05) is 32.7 Å². The second-order valence-corrected chi connectivity index (χ2v) is 8.35. The van der Waals surface area contributed by atoms with Crippen LogP contribution < -0.4 is 9.64 Å². The van der Waals surface area contributed by atoms with E-state index in [1.807, 2.05) is 12.1 Å². The Labute approximate surface area is 165 Å². The van der Waals surface area contributed by atoms with Gasteiger partial charge in [-0.25, -0.2) is 4.98 Å². The first-order valence-corrected chi connectivity index (χ1v) is 10.5. The molecule has 2 heterocycles. The van der Waals surface area contributed by atoms with Gasteiger partial charge in [-0.05, 0) is 49.6 Å². The van der Waals surface area contributed by atoms with Gasteiger partial charge in [-0.1, -0.05) is 35.6 Å². The van der Waals surface area contributed by atoms with Crippen molar-refractivity contribution in [2.45, 2.75) is 25.8 Å². The second-order valence-electron chi connectivity index (χ2n) is 7.34. The lowest BCUT2D eigenvalue weighted by Gasteiger charge is -2.24. The van der Waals surface area contributed by atoms with Crippen LogP contribution in [-0.4, -0.2) is 49.2 Å². The first-order chi connectivity index (χ1) is 13.2. The molecule has 3 aromatic rings. The van der Waals surface area contributed by atoms with Gasteiger partial charge in [-0.2, -0.15) is 0 Å². The average molecular weight is 382 g/mol. The average Bonchev–Trinajstić information content (AvgIpc) is 3.32. The lowest BCUT2D eigenvalue weighted by molar-refractivity contribution is 0.261. The number of para-hydroxylation sites is 1. The van der Waals surface area contributed by atoms with Crippen molar-refractivity contribution >= 4 is 26.7 Å².